The molecular weight excluding hydrogens is 256 g/mol. The van der Waals surface area contributed by atoms with Crippen LogP contribution < -0.4 is 10.1 Å². The molecule has 0 saturated heterocycles. The third-order valence-electron chi connectivity index (χ3n) is 4.01. The van der Waals surface area contributed by atoms with Crippen LogP contribution in [0.2, 0.25) is 0 Å². The van der Waals surface area contributed by atoms with E-state index in [1.807, 2.05) is 17.8 Å². The van der Waals surface area contributed by atoms with Crippen LogP contribution in [0, 0.1) is 12.8 Å². The molecule has 0 spiro atoms. The van der Waals surface area contributed by atoms with E-state index in [2.05, 4.69) is 24.4 Å². The number of nitrogens with one attached hydrogen (secondary N) is 1. The minimum absolute atomic E-state index is 0.558. The SMILES string of the molecule is COc1ccc(NC2=NC3CCCC3CS2)c(C)c1. The maximum Gasteiger partial charge on any atom is 0.161 e. The summed E-state index contributed by atoms with van der Waals surface area (Å²) >= 11 is 1.86. The first-order valence-corrected chi connectivity index (χ1v) is 7.87. The van der Waals surface area contributed by atoms with Crippen molar-refractivity contribution in [2.24, 2.45) is 10.9 Å². The van der Waals surface area contributed by atoms with Crippen molar-refractivity contribution in [3.8, 4) is 5.75 Å². The Morgan fingerprint density at radius 1 is 1.37 bits per heavy atom. The number of rotatable bonds is 2. The van der Waals surface area contributed by atoms with Gasteiger partial charge in [0.2, 0.25) is 0 Å². The largest absolute Gasteiger partial charge is 0.497 e. The summed E-state index contributed by atoms with van der Waals surface area (Å²) in [6.45, 7) is 2.09. The Labute approximate surface area is 118 Å². The van der Waals surface area contributed by atoms with Crippen molar-refractivity contribution < 1.29 is 4.74 Å². The standard InChI is InChI=1S/C15H20N2OS/c1-10-8-12(18-2)6-7-13(10)16-15-17-14-5-3-4-11(14)9-19-15/h6-8,11,14H,3-5,9H2,1-2H3,(H,16,17). The number of methoxy groups -OCH3 is 1. The number of anilines is 1. The summed E-state index contributed by atoms with van der Waals surface area (Å²) in [7, 11) is 1.70. The van der Waals surface area contributed by atoms with Crippen molar-refractivity contribution in [2.75, 3.05) is 18.2 Å². The topological polar surface area (TPSA) is 33.6 Å². The molecule has 19 heavy (non-hydrogen) atoms. The predicted molar refractivity (Wildman–Crippen MR) is 82.4 cm³/mol. The second kappa shape index (κ2) is 5.45. The first kappa shape index (κ1) is 12.9. The Hall–Kier alpha value is -1.16. The van der Waals surface area contributed by atoms with Gasteiger partial charge in [0.1, 0.15) is 5.75 Å². The molecule has 1 aliphatic carbocycles. The lowest BCUT2D eigenvalue weighted by atomic mass is 10.1. The van der Waals surface area contributed by atoms with Gasteiger partial charge in [-0.15, -0.1) is 0 Å². The summed E-state index contributed by atoms with van der Waals surface area (Å²) in [6, 6.07) is 6.66. The van der Waals surface area contributed by atoms with Crippen molar-refractivity contribution in [3.63, 3.8) is 0 Å². The number of ether oxygens (including phenoxy) is 1. The number of hydrogen-bond donors (Lipinski definition) is 1. The number of aryl methyl sites for hydroxylation is 1. The summed E-state index contributed by atoms with van der Waals surface area (Å²) in [5, 5.41) is 4.55. The molecule has 102 valence electrons. The summed E-state index contributed by atoms with van der Waals surface area (Å²) < 4.78 is 5.23. The van der Waals surface area contributed by atoms with Crippen LogP contribution in [0.3, 0.4) is 0 Å². The van der Waals surface area contributed by atoms with Gasteiger partial charge in [-0.05, 0) is 49.4 Å². The zero-order valence-corrected chi connectivity index (χ0v) is 12.3. The lowest BCUT2D eigenvalue weighted by molar-refractivity contribution is 0.414. The van der Waals surface area contributed by atoms with Crippen molar-refractivity contribution in [3.05, 3.63) is 23.8 Å². The van der Waals surface area contributed by atoms with Crippen LogP contribution in [0.25, 0.3) is 0 Å². The maximum atomic E-state index is 5.23. The predicted octanol–water partition coefficient (Wildman–Crippen LogP) is 3.69. The molecule has 1 aromatic rings. The monoisotopic (exact) mass is 276 g/mol. The van der Waals surface area contributed by atoms with Crippen LogP contribution in [0.4, 0.5) is 5.69 Å². The first-order valence-electron chi connectivity index (χ1n) is 6.88. The van der Waals surface area contributed by atoms with Crippen LogP contribution in [-0.2, 0) is 0 Å². The lowest BCUT2D eigenvalue weighted by Gasteiger charge is -2.24. The smallest absolute Gasteiger partial charge is 0.161 e. The van der Waals surface area contributed by atoms with Crippen molar-refractivity contribution >= 4 is 22.6 Å². The van der Waals surface area contributed by atoms with Gasteiger partial charge in [-0.3, -0.25) is 4.99 Å². The highest BCUT2D eigenvalue weighted by molar-refractivity contribution is 8.14. The molecule has 1 heterocycles. The second-order valence-electron chi connectivity index (χ2n) is 5.31. The zero-order valence-electron chi connectivity index (χ0n) is 11.5. The van der Waals surface area contributed by atoms with Gasteiger partial charge in [0, 0.05) is 11.4 Å². The molecule has 2 aliphatic rings. The van der Waals surface area contributed by atoms with E-state index in [1.165, 1.54) is 30.6 Å². The quantitative estimate of drug-likeness (QED) is 0.894. The summed E-state index contributed by atoms with van der Waals surface area (Å²) in [6.07, 6.45) is 3.96. The highest BCUT2D eigenvalue weighted by Crippen LogP contribution is 2.36. The van der Waals surface area contributed by atoms with Crippen LogP contribution in [0.15, 0.2) is 23.2 Å². The number of amidine groups is 1. The molecule has 1 fully saturated rings. The first-order chi connectivity index (χ1) is 9.26. The minimum Gasteiger partial charge on any atom is -0.497 e. The van der Waals surface area contributed by atoms with Crippen LogP contribution in [0.5, 0.6) is 5.75 Å². The molecule has 0 bridgehead atoms. The third-order valence-corrected chi connectivity index (χ3v) is 5.09. The molecule has 0 amide bonds. The highest BCUT2D eigenvalue weighted by atomic mass is 32.2. The molecule has 0 radical (unpaired) electrons. The van der Waals surface area contributed by atoms with Gasteiger partial charge in [0.05, 0.1) is 13.2 Å². The van der Waals surface area contributed by atoms with Gasteiger partial charge >= 0.3 is 0 Å². The average molecular weight is 276 g/mol. The molecule has 2 atom stereocenters. The number of fused-ring (bicyclic) bond motifs is 1. The molecule has 0 aromatic heterocycles. The molecule has 1 aromatic carbocycles. The van der Waals surface area contributed by atoms with E-state index in [1.54, 1.807) is 7.11 Å². The van der Waals surface area contributed by atoms with Gasteiger partial charge in [-0.25, -0.2) is 0 Å². The van der Waals surface area contributed by atoms with Crippen LogP contribution >= 0.6 is 11.8 Å². The normalized spacial score (nSPS) is 25.7. The number of benzene rings is 1. The van der Waals surface area contributed by atoms with Crippen LogP contribution in [-0.4, -0.2) is 24.1 Å². The van der Waals surface area contributed by atoms with Gasteiger partial charge in [0.25, 0.3) is 0 Å². The fraction of sp³-hybridized carbons (Fsp3) is 0.533. The number of hydrogen-bond acceptors (Lipinski definition) is 4. The van der Waals surface area contributed by atoms with E-state index in [-0.39, 0.29) is 0 Å². The van der Waals surface area contributed by atoms with Crippen LogP contribution in [0.1, 0.15) is 24.8 Å². The van der Waals surface area contributed by atoms with Crippen molar-refractivity contribution in [1.29, 1.82) is 0 Å². The third kappa shape index (κ3) is 2.73. The molecule has 1 saturated carbocycles. The van der Waals surface area contributed by atoms with Gasteiger partial charge in [0.15, 0.2) is 5.17 Å². The zero-order chi connectivity index (χ0) is 13.2. The fourth-order valence-electron chi connectivity index (χ4n) is 2.84. The Morgan fingerprint density at radius 3 is 3.05 bits per heavy atom. The Bertz CT molecular complexity index is 501. The molecule has 1 aliphatic heterocycles. The van der Waals surface area contributed by atoms with E-state index < -0.39 is 0 Å². The van der Waals surface area contributed by atoms with Gasteiger partial charge in [-0.1, -0.05) is 18.2 Å². The highest BCUT2D eigenvalue weighted by Gasteiger charge is 2.30. The number of nitrogens with zero attached hydrogens (tertiary/aromatic N) is 1. The van der Waals surface area contributed by atoms with Crippen molar-refractivity contribution in [1.82, 2.24) is 0 Å². The van der Waals surface area contributed by atoms with E-state index in [0.717, 1.165) is 22.5 Å². The Kier molecular flexibility index (Phi) is 3.69. The fourth-order valence-corrected chi connectivity index (χ4v) is 4.00. The molecule has 2 unspecified atom stereocenters. The molecular formula is C15H20N2OS. The number of thioether (sulfide) groups is 1. The maximum absolute atomic E-state index is 5.23. The molecule has 3 rings (SSSR count). The summed E-state index contributed by atoms with van der Waals surface area (Å²) in [5.41, 5.74) is 2.32. The second-order valence-corrected chi connectivity index (χ2v) is 6.32. The average Bonchev–Trinajstić information content (AvgIpc) is 2.88. The van der Waals surface area contributed by atoms with E-state index in [9.17, 15) is 0 Å². The Morgan fingerprint density at radius 2 is 2.26 bits per heavy atom. The van der Waals surface area contributed by atoms with Crippen molar-refractivity contribution in [2.45, 2.75) is 32.2 Å². The minimum atomic E-state index is 0.558. The van der Waals surface area contributed by atoms with Gasteiger partial charge in [-0.2, -0.15) is 0 Å². The summed E-state index contributed by atoms with van der Waals surface area (Å²) in [5.74, 6) is 2.93. The number of aliphatic imine (C=N–C) groups is 1. The van der Waals surface area contributed by atoms with E-state index >= 15 is 0 Å². The lowest BCUT2D eigenvalue weighted by Crippen LogP contribution is -2.25. The molecule has 3 nitrogen and oxygen atoms in total. The molecule has 4 heteroatoms. The summed E-state index contributed by atoms with van der Waals surface area (Å²) in [4.78, 5) is 4.86. The van der Waals surface area contributed by atoms with E-state index in [4.69, 9.17) is 9.73 Å². The Balaban J connectivity index is 1.74. The van der Waals surface area contributed by atoms with E-state index in [0.29, 0.717) is 6.04 Å². The molecule has 1 N–H and O–H groups in total. The van der Waals surface area contributed by atoms with Gasteiger partial charge < -0.3 is 10.1 Å².